The Bertz CT molecular complexity index is 649. The first-order valence-electron chi connectivity index (χ1n) is 8.90. The summed E-state index contributed by atoms with van der Waals surface area (Å²) in [7, 11) is 1.41. The second-order valence-electron chi connectivity index (χ2n) is 6.91. The Morgan fingerprint density at radius 1 is 1.28 bits per heavy atom. The summed E-state index contributed by atoms with van der Waals surface area (Å²) in [5, 5.41) is 0.554. The molecule has 0 N–H and O–H groups in total. The van der Waals surface area contributed by atoms with Gasteiger partial charge in [0, 0.05) is 16.6 Å². The minimum Gasteiger partial charge on any atom is -0.488 e. The first kappa shape index (κ1) is 18.3. The number of methoxy groups -OCH3 is 1. The van der Waals surface area contributed by atoms with Crippen molar-refractivity contribution in [3.05, 3.63) is 35.4 Å². The lowest BCUT2D eigenvalue weighted by Gasteiger charge is -2.16. The van der Waals surface area contributed by atoms with E-state index in [0.717, 1.165) is 25.0 Å². The van der Waals surface area contributed by atoms with Crippen molar-refractivity contribution in [1.29, 1.82) is 0 Å². The molecule has 0 aromatic heterocycles. The molecule has 2 aliphatic rings. The summed E-state index contributed by atoms with van der Waals surface area (Å²) >= 11 is 1.87. The predicted octanol–water partition coefficient (Wildman–Crippen LogP) is 4.53. The fourth-order valence-electron chi connectivity index (χ4n) is 3.31. The van der Waals surface area contributed by atoms with Crippen LogP contribution in [-0.4, -0.2) is 37.6 Å². The largest absolute Gasteiger partial charge is 0.488 e. The number of rotatable bonds is 4. The summed E-state index contributed by atoms with van der Waals surface area (Å²) in [5.41, 5.74) is 1.56. The molecule has 0 bridgehead atoms. The van der Waals surface area contributed by atoms with Crippen molar-refractivity contribution >= 4 is 22.6 Å². The van der Waals surface area contributed by atoms with Crippen LogP contribution in [0, 0.1) is 5.92 Å². The second-order valence-corrected chi connectivity index (χ2v) is 8.39. The summed E-state index contributed by atoms with van der Waals surface area (Å²) in [4.78, 5) is 13.3. The van der Waals surface area contributed by atoms with E-state index in [2.05, 4.69) is 19.9 Å². The summed E-state index contributed by atoms with van der Waals surface area (Å²) in [6.07, 6.45) is 5.48. The lowest BCUT2D eigenvalue weighted by molar-refractivity contribution is 0.0599. The molecule has 2 unspecified atom stereocenters. The van der Waals surface area contributed by atoms with Crippen molar-refractivity contribution in [2.45, 2.75) is 44.5 Å². The summed E-state index contributed by atoms with van der Waals surface area (Å²) in [6, 6.07) is 5.71. The predicted molar refractivity (Wildman–Crippen MR) is 101 cm³/mol. The van der Waals surface area contributed by atoms with Crippen LogP contribution in [0.3, 0.4) is 0 Å². The maximum atomic E-state index is 12.1. The highest BCUT2D eigenvalue weighted by atomic mass is 32.2. The Morgan fingerprint density at radius 3 is 2.84 bits per heavy atom. The third-order valence-corrected chi connectivity index (χ3v) is 5.82. The number of ether oxygens (including phenoxy) is 3. The molecule has 0 aliphatic carbocycles. The highest BCUT2D eigenvalue weighted by Crippen LogP contribution is 2.39. The summed E-state index contributed by atoms with van der Waals surface area (Å²) in [5.74, 6) is 1.05. The van der Waals surface area contributed by atoms with E-state index in [9.17, 15) is 4.79 Å². The topological polar surface area (TPSA) is 44.8 Å². The number of thioether (sulfide) groups is 1. The van der Waals surface area contributed by atoms with Crippen LogP contribution in [0.25, 0.3) is 4.91 Å². The minimum atomic E-state index is -0.338. The second kappa shape index (κ2) is 8.28. The van der Waals surface area contributed by atoms with Gasteiger partial charge in [0.1, 0.15) is 11.9 Å². The zero-order valence-electron chi connectivity index (χ0n) is 15.1. The summed E-state index contributed by atoms with van der Waals surface area (Å²) in [6.45, 7) is 5.88. The number of hydrogen-bond acceptors (Lipinski definition) is 5. The third-order valence-electron chi connectivity index (χ3n) is 4.57. The van der Waals surface area contributed by atoms with E-state index < -0.39 is 0 Å². The number of carbonyl (C=O) groups is 1. The molecule has 3 rings (SSSR count). The van der Waals surface area contributed by atoms with E-state index in [0.29, 0.717) is 29.1 Å². The van der Waals surface area contributed by atoms with E-state index in [1.807, 2.05) is 23.9 Å². The van der Waals surface area contributed by atoms with Crippen LogP contribution in [-0.2, 0) is 9.47 Å². The summed E-state index contributed by atoms with van der Waals surface area (Å²) < 4.78 is 16.4. The molecule has 0 spiro atoms. The van der Waals surface area contributed by atoms with Gasteiger partial charge in [-0.1, -0.05) is 19.9 Å². The molecule has 5 heteroatoms. The SMILES string of the molecule is COC(=O)c1cc(O[C@@H]2CCOC2)cc(C2=CCC(C)CC(C)S2)c1. The highest BCUT2D eigenvalue weighted by Gasteiger charge is 2.21. The van der Waals surface area contributed by atoms with E-state index in [1.165, 1.54) is 18.4 Å². The first-order chi connectivity index (χ1) is 12.0. The zero-order valence-corrected chi connectivity index (χ0v) is 15.9. The zero-order chi connectivity index (χ0) is 17.8. The molecule has 3 atom stereocenters. The van der Waals surface area contributed by atoms with Crippen molar-refractivity contribution < 1.29 is 19.0 Å². The molecule has 4 nitrogen and oxygen atoms in total. The number of allylic oxidation sites excluding steroid dienone is 1. The Kier molecular flexibility index (Phi) is 6.07. The molecule has 136 valence electrons. The van der Waals surface area contributed by atoms with Gasteiger partial charge in [-0.25, -0.2) is 4.79 Å². The first-order valence-corrected chi connectivity index (χ1v) is 9.78. The van der Waals surface area contributed by atoms with Crippen LogP contribution in [0.15, 0.2) is 24.3 Å². The van der Waals surface area contributed by atoms with Gasteiger partial charge in [-0.05, 0) is 42.5 Å². The van der Waals surface area contributed by atoms with Gasteiger partial charge in [0.05, 0.1) is 25.9 Å². The molecule has 1 fully saturated rings. The molecule has 1 aromatic rings. The Labute approximate surface area is 153 Å². The molecule has 25 heavy (non-hydrogen) atoms. The number of hydrogen-bond donors (Lipinski definition) is 0. The monoisotopic (exact) mass is 362 g/mol. The highest BCUT2D eigenvalue weighted by molar-refractivity contribution is 8.08. The Balaban J connectivity index is 1.92. The van der Waals surface area contributed by atoms with Gasteiger partial charge in [-0.15, -0.1) is 11.8 Å². The number of carbonyl (C=O) groups excluding carboxylic acids is 1. The van der Waals surface area contributed by atoms with Crippen molar-refractivity contribution in [3.63, 3.8) is 0 Å². The molecule has 1 aromatic carbocycles. The van der Waals surface area contributed by atoms with Crippen LogP contribution >= 0.6 is 11.8 Å². The minimum absolute atomic E-state index is 0.0514. The van der Waals surface area contributed by atoms with Crippen LogP contribution in [0.1, 0.15) is 49.0 Å². The maximum Gasteiger partial charge on any atom is 0.338 e. The molecule has 0 radical (unpaired) electrons. The third kappa shape index (κ3) is 4.79. The molecule has 0 amide bonds. The van der Waals surface area contributed by atoms with Crippen molar-refractivity contribution in [2.75, 3.05) is 20.3 Å². The fourth-order valence-corrected chi connectivity index (χ4v) is 4.62. The maximum absolute atomic E-state index is 12.1. The van der Waals surface area contributed by atoms with Crippen LogP contribution in [0.2, 0.25) is 0 Å². The fraction of sp³-hybridized carbons (Fsp3) is 0.550. The van der Waals surface area contributed by atoms with Crippen molar-refractivity contribution in [1.82, 2.24) is 0 Å². The van der Waals surface area contributed by atoms with E-state index in [1.54, 1.807) is 6.07 Å². The van der Waals surface area contributed by atoms with Crippen LogP contribution in [0.4, 0.5) is 0 Å². The average molecular weight is 362 g/mol. The normalized spacial score (nSPS) is 26.7. The average Bonchev–Trinajstić information content (AvgIpc) is 3.03. The molecule has 0 saturated carbocycles. The van der Waals surface area contributed by atoms with E-state index in [4.69, 9.17) is 14.2 Å². The van der Waals surface area contributed by atoms with Crippen molar-refractivity contribution in [3.8, 4) is 5.75 Å². The molecule has 2 heterocycles. The van der Waals surface area contributed by atoms with Gasteiger partial charge < -0.3 is 14.2 Å². The smallest absolute Gasteiger partial charge is 0.338 e. The van der Waals surface area contributed by atoms with Gasteiger partial charge >= 0.3 is 5.97 Å². The van der Waals surface area contributed by atoms with Gasteiger partial charge in [-0.3, -0.25) is 0 Å². The van der Waals surface area contributed by atoms with Gasteiger partial charge in [0.2, 0.25) is 0 Å². The Morgan fingerprint density at radius 2 is 2.12 bits per heavy atom. The lowest BCUT2D eigenvalue weighted by atomic mass is 10.0. The lowest BCUT2D eigenvalue weighted by Crippen LogP contribution is -2.16. The van der Waals surface area contributed by atoms with E-state index >= 15 is 0 Å². The van der Waals surface area contributed by atoms with Gasteiger partial charge in [0.15, 0.2) is 0 Å². The van der Waals surface area contributed by atoms with Gasteiger partial charge in [0.25, 0.3) is 0 Å². The van der Waals surface area contributed by atoms with Gasteiger partial charge in [-0.2, -0.15) is 0 Å². The Hall–Kier alpha value is -1.46. The van der Waals surface area contributed by atoms with E-state index in [-0.39, 0.29) is 12.1 Å². The van der Waals surface area contributed by atoms with Crippen LogP contribution < -0.4 is 4.74 Å². The molecular weight excluding hydrogens is 336 g/mol. The molecular formula is C20H26O4S. The quantitative estimate of drug-likeness (QED) is 0.736. The molecule has 2 aliphatic heterocycles. The molecule has 1 saturated heterocycles. The number of benzene rings is 1. The van der Waals surface area contributed by atoms with Crippen LogP contribution in [0.5, 0.6) is 5.75 Å². The number of esters is 1. The van der Waals surface area contributed by atoms with Crippen molar-refractivity contribution in [2.24, 2.45) is 5.92 Å². The standard InChI is InChI=1S/C20H26O4S/c1-13-4-5-19(25-14(2)8-13)15-9-16(20(21)22-3)11-18(10-15)24-17-6-7-23-12-17/h5,9-11,13-14,17H,4,6-8,12H2,1-3H3/t13?,14?,17-/m1/s1.